The third-order valence-corrected chi connectivity index (χ3v) is 4.74. The Morgan fingerprint density at radius 2 is 1.96 bits per heavy atom. The summed E-state index contributed by atoms with van der Waals surface area (Å²) in [7, 11) is 0. The quantitative estimate of drug-likeness (QED) is 0.783. The Morgan fingerprint density at radius 3 is 2.70 bits per heavy atom. The summed E-state index contributed by atoms with van der Waals surface area (Å²) in [5.41, 5.74) is 3.31. The first kappa shape index (κ1) is 14.3. The van der Waals surface area contributed by atoms with Crippen LogP contribution < -0.4 is 10.5 Å². The molecule has 0 radical (unpaired) electrons. The molecule has 120 valence electrons. The minimum absolute atomic E-state index is 0.152. The van der Waals surface area contributed by atoms with Crippen molar-refractivity contribution in [2.75, 3.05) is 31.1 Å². The molecule has 1 N–H and O–H groups in total. The van der Waals surface area contributed by atoms with Crippen molar-refractivity contribution in [2.24, 2.45) is 0 Å². The van der Waals surface area contributed by atoms with Crippen molar-refractivity contribution >= 4 is 22.4 Å². The van der Waals surface area contributed by atoms with Gasteiger partial charge >= 0.3 is 0 Å². The lowest BCUT2D eigenvalue weighted by Crippen LogP contribution is -2.48. The molecule has 0 unspecified atom stereocenters. The summed E-state index contributed by atoms with van der Waals surface area (Å²) < 4.78 is 1.86. The second kappa shape index (κ2) is 5.38. The number of imidazole rings is 1. The molecule has 3 heterocycles. The highest BCUT2D eigenvalue weighted by Crippen LogP contribution is 2.22. The molecule has 6 heteroatoms. The first-order chi connectivity index (χ1) is 11.1. The number of hydrogen-bond donors (Lipinski definition) is 1. The Hall–Kier alpha value is -2.34. The molecule has 4 rings (SSSR count). The minimum Gasteiger partial charge on any atom is -0.369 e. The van der Waals surface area contributed by atoms with Crippen LogP contribution in [0.3, 0.4) is 0 Å². The van der Waals surface area contributed by atoms with Gasteiger partial charge in [-0.1, -0.05) is 0 Å². The number of H-pyrrole nitrogens is 1. The normalized spacial score (nSPS) is 16.7. The lowest BCUT2D eigenvalue weighted by molar-refractivity contribution is 0.209. The number of nitrogens with zero attached hydrogens (tertiary/aromatic N) is 4. The molecule has 1 fully saturated rings. The zero-order chi connectivity index (χ0) is 16.0. The summed E-state index contributed by atoms with van der Waals surface area (Å²) in [6, 6.07) is 6.82. The fraction of sp³-hybridized carbons (Fsp3) is 0.412. The van der Waals surface area contributed by atoms with Crippen molar-refractivity contribution in [3.05, 3.63) is 40.9 Å². The van der Waals surface area contributed by atoms with Gasteiger partial charge in [0.2, 0.25) is 5.65 Å². The molecule has 1 saturated heterocycles. The van der Waals surface area contributed by atoms with E-state index in [0.29, 0.717) is 11.7 Å². The number of anilines is 1. The Kier molecular flexibility index (Phi) is 3.34. The van der Waals surface area contributed by atoms with Gasteiger partial charge in [0, 0.05) is 50.3 Å². The molecular formula is C17H21N5O. The summed E-state index contributed by atoms with van der Waals surface area (Å²) in [5, 5.41) is 0. The summed E-state index contributed by atoms with van der Waals surface area (Å²) in [4.78, 5) is 23.9. The first-order valence-electron chi connectivity index (χ1n) is 8.11. The molecular weight excluding hydrogens is 290 g/mol. The Bertz CT molecular complexity index is 902. The number of fused-ring (bicyclic) bond motifs is 3. The van der Waals surface area contributed by atoms with Gasteiger partial charge in [-0.25, -0.2) is 4.98 Å². The zero-order valence-corrected chi connectivity index (χ0v) is 13.5. The van der Waals surface area contributed by atoms with Crippen LogP contribution in [0.15, 0.2) is 35.4 Å². The van der Waals surface area contributed by atoms with Gasteiger partial charge < -0.3 is 9.88 Å². The second-order valence-corrected chi connectivity index (χ2v) is 6.39. The van der Waals surface area contributed by atoms with Crippen LogP contribution in [0, 0.1) is 0 Å². The molecule has 0 bridgehead atoms. The molecule has 0 spiro atoms. The van der Waals surface area contributed by atoms with E-state index in [-0.39, 0.29) is 5.56 Å². The van der Waals surface area contributed by atoms with E-state index < -0.39 is 0 Å². The third kappa shape index (κ3) is 2.39. The van der Waals surface area contributed by atoms with Crippen molar-refractivity contribution in [3.63, 3.8) is 0 Å². The van der Waals surface area contributed by atoms with Crippen LogP contribution in [0.25, 0.3) is 16.7 Å². The summed E-state index contributed by atoms with van der Waals surface area (Å²) in [6.07, 6.45) is 3.51. The van der Waals surface area contributed by atoms with E-state index in [2.05, 4.69) is 45.7 Å². The molecule has 23 heavy (non-hydrogen) atoms. The highest BCUT2D eigenvalue weighted by molar-refractivity contribution is 5.81. The molecule has 6 nitrogen and oxygen atoms in total. The average Bonchev–Trinajstić information content (AvgIpc) is 3.05. The number of benzene rings is 1. The van der Waals surface area contributed by atoms with Crippen molar-refractivity contribution < 1.29 is 0 Å². The smallest absolute Gasteiger partial charge is 0.292 e. The fourth-order valence-electron chi connectivity index (χ4n) is 3.36. The molecule has 3 aromatic rings. The lowest BCUT2D eigenvalue weighted by atomic mass is 10.2. The number of piperazine rings is 1. The molecule has 2 aromatic heterocycles. The zero-order valence-electron chi connectivity index (χ0n) is 13.5. The Balaban J connectivity index is 1.72. The molecule has 1 aliphatic rings. The van der Waals surface area contributed by atoms with E-state index in [0.717, 1.165) is 37.2 Å². The molecule has 1 aliphatic heterocycles. The predicted octanol–water partition coefficient (Wildman–Crippen LogP) is 1.71. The molecule has 0 atom stereocenters. The predicted molar refractivity (Wildman–Crippen MR) is 92.2 cm³/mol. The van der Waals surface area contributed by atoms with Gasteiger partial charge in [0.1, 0.15) is 0 Å². The maximum absolute atomic E-state index is 12.0. The van der Waals surface area contributed by atoms with Crippen LogP contribution >= 0.6 is 0 Å². The number of aromatic nitrogens is 3. The highest BCUT2D eigenvalue weighted by atomic mass is 16.1. The van der Waals surface area contributed by atoms with E-state index in [1.807, 2.05) is 16.7 Å². The van der Waals surface area contributed by atoms with E-state index in [1.165, 1.54) is 5.69 Å². The highest BCUT2D eigenvalue weighted by Gasteiger charge is 2.19. The van der Waals surface area contributed by atoms with Gasteiger partial charge in [-0.05, 0) is 32.0 Å². The summed E-state index contributed by atoms with van der Waals surface area (Å²) in [6.45, 7) is 8.72. The summed E-state index contributed by atoms with van der Waals surface area (Å²) in [5.74, 6) is 0. The topological polar surface area (TPSA) is 56.6 Å². The van der Waals surface area contributed by atoms with Crippen LogP contribution in [0.1, 0.15) is 13.8 Å². The van der Waals surface area contributed by atoms with Gasteiger partial charge in [0.05, 0.1) is 11.0 Å². The molecule has 0 amide bonds. The lowest BCUT2D eigenvalue weighted by Gasteiger charge is -2.38. The van der Waals surface area contributed by atoms with Crippen molar-refractivity contribution in [2.45, 2.75) is 19.9 Å². The van der Waals surface area contributed by atoms with E-state index >= 15 is 0 Å². The number of aromatic amines is 1. The SMILES string of the molecule is CC(C)N1CCN(c2ccc3[nH]c(=O)c4nccn4c3c2)CC1. The van der Waals surface area contributed by atoms with Crippen molar-refractivity contribution in [1.29, 1.82) is 0 Å². The maximum atomic E-state index is 12.0. The number of hydrogen-bond acceptors (Lipinski definition) is 4. The standard InChI is InChI=1S/C17H21N5O/c1-12(2)20-7-9-21(10-8-20)13-3-4-14-15(11-13)22-6-5-18-16(22)17(23)19-14/h3-6,11-12H,7-10H2,1-2H3,(H,19,23). The Labute approximate surface area is 134 Å². The largest absolute Gasteiger partial charge is 0.369 e. The van der Waals surface area contributed by atoms with Crippen LogP contribution in [-0.4, -0.2) is 51.5 Å². The van der Waals surface area contributed by atoms with Gasteiger partial charge in [0.25, 0.3) is 5.56 Å². The van der Waals surface area contributed by atoms with E-state index in [4.69, 9.17) is 0 Å². The van der Waals surface area contributed by atoms with Gasteiger partial charge in [-0.2, -0.15) is 0 Å². The van der Waals surface area contributed by atoms with Gasteiger partial charge in [-0.15, -0.1) is 0 Å². The first-order valence-corrected chi connectivity index (χ1v) is 8.11. The van der Waals surface area contributed by atoms with Crippen molar-refractivity contribution in [3.8, 4) is 0 Å². The van der Waals surface area contributed by atoms with E-state index in [1.54, 1.807) is 6.20 Å². The fourth-order valence-corrected chi connectivity index (χ4v) is 3.36. The molecule has 1 aromatic carbocycles. The van der Waals surface area contributed by atoms with Crippen molar-refractivity contribution in [1.82, 2.24) is 19.3 Å². The van der Waals surface area contributed by atoms with E-state index in [9.17, 15) is 4.79 Å². The van der Waals surface area contributed by atoms with Crippen LogP contribution in [-0.2, 0) is 0 Å². The van der Waals surface area contributed by atoms with Crippen LogP contribution in [0.4, 0.5) is 5.69 Å². The van der Waals surface area contributed by atoms with Gasteiger partial charge in [-0.3, -0.25) is 14.1 Å². The minimum atomic E-state index is -0.152. The molecule has 0 saturated carbocycles. The van der Waals surface area contributed by atoms with Gasteiger partial charge in [0.15, 0.2) is 0 Å². The summed E-state index contributed by atoms with van der Waals surface area (Å²) >= 11 is 0. The maximum Gasteiger partial charge on any atom is 0.292 e. The average molecular weight is 311 g/mol. The monoisotopic (exact) mass is 311 g/mol. The second-order valence-electron chi connectivity index (χ2n) is 6.39. The molecule has 0 aliphatic carbocycles. The van der Waals surface area contributed by atoms with Crippen LogP contribution in [0.2, 0.25) is 0 Å². The number of nitrogens with one attached hydrogen (secondary N) is 1. The third-order valence-electron chi connectivity index (χ3n) is 4.74. The number of rotatable bonds is 2. The van der Waals surface area contributed by atoms with Crippen LogP contribution in [0.5, 0.6) is 0 Å². The Morgan fingerprint density at radius 1 is 1.17 bits per heavy atom.